The molecule has 0 radical (unpaired) electrons. The van der Waals surface area contributed by atoms with E-state index in [0.29, 0.717) is 6.54 Å². The predicted octanol–water partition coefficient (Wildman–Crippen LogP) is 3.55. The van der Waals surface area contributed by atoms with Gasteiger partial charge in [-0.15, -0.1) is 0 Å². The van der Waals surface area contributed by atoms with Gasteiger partial charge in [-0.3, -0.25) is 4.79 Å². The molecule has 0 aliphatic rings. The SMILES string of the molecule is CCn1c(I)cc2cc(CNCC(C)(C)C(=O)OC)ccc21. The van der Waals surface area contributed by atoms with Crippen molar-refractivity contribution in [2.24, 2.45) is 5.41 Å². The number of ether oxygens (including phenoxy) is 1. The maximum atomic E-state index is 11.7. The minimum atomic E-state index is -0.514. The Balaban J connectivity index is 2.05. The Bertz CT molecular complexity index is 677. The summed E-state index contributed by atoms with van der Waals surface area (Å²) in [5.74, 6) is -0.190. The Labute approximate surface area is 145 Å². The third-order valence-corrected chi connectivity index (χ3v) is 4.76. The maximum Gasteiger partial charge on any atom is 0.312 e. The Morgan fingerprint density at radius 3 is 2.73 bits per heavy atom. The summed E-state index contributed by atoms with van der Waals surface area (Å²) in [6.07, 6.45) is 0. The van der Waals surface area contributed by atoms with Crippen LogP contribution in [0.4, 0.5) is 0 Å². The van der Waals surface area contributed by atoms with Crippen molar-refractivity contribution in [3.63, 3.8) is 0 Å². The highest BCUT2D eigenvalue weighted by Gasteiger charge is 2.27. The number of fused-ring (bicyclic) bond motifs is 1. The van der Waals surface area contributed by atoms with Crippen molar-refractivity contribution in [3.05, 3.63) is 33.5 Å². The van der Waals surface area contributed by atoms with Crippen LogP contribution in [0.3, 0.4) is 0 Å². The highest BCUT2D eigenvalue weighted by Crippen LogP contribution is 2.23. The maximum absolute atomic E-state index is 11.7. The topological polar surface area (TPSA) is 43.3 Å². The molecule has 2 aromatic rings. The molecule has 4 nitrogen and oxygen atoms in total. The molecule has 1 aromatic heterocycles. The fourth-order valence-electron chi connectivity index (χ4n) is 2.59. The lowest BCUT2D eigenvalue weighted by Crippen LogP contribution is -2.36. The van der Waals surface area contributed by atoms with Gasteiger partial charge in [0.1, 0.15) is 0 Å². The van der Waals surface area contributed by atoms with Crippen LogP contribution in [0.5, 0.6) is 0 Å². The minimum absolute atomic E-state index is 0.190. The van der Waals surface area contributed by atoms with E-state index >= 15 is 0 Å². The van der Waals surface area contributed by atoms with Crippen LogP contribution in [0.15, 0.2) is 24.3 Å². The largest absolute Gasteiger partial charge is 0.469 e. The van der Waals surface area contributed by atoms with E-state index in [9.17, 15) is 4.79 Å². The molecular weight excluding hydrogens is 391 g/mol. The van der Waals surface area contributed by atoms with Gasteiger partial charge in [0.2, 0.25) is 0 Å². The number of nitrogens with zero attached hydrogens (tertiary/aromatic N) is 1. The van der Waals surface area contributed by atoms with E-state index in [0.717, 1.165) is 13.1 Å². The first-order chi connectivity index (χ1) is 10.4. The van der Waals surface area contributed by atoms with E-state index in [1.54, 1.807) is 0 Å². The number of hydrogen-bond acceptors (Lipinski definition) is 3. The summed E-state index contributed by atoms with van der Waals surface area (Å²) >= 11 is 2.37. The van der Waals surface area contributed by atoms with Crippen LogP contribution >= 0.6 is 22.6 Å². The zero-order valence-corrected chi connectivity index (χ0v) is 15.7. The fourth-order valence-corrected chi connectivity index (χ4v) is 3.52. The van der Waals surface area contributed by atoms with E-state index in [1.165, 1.54) is 27.3 Å². The van der Waals surface area contributed by atoms with Gasteiger partial charge in [-0.25, -0.2) is 0 Å². The van der Waals surface area contributed by atoms with E-state index in [4.69, 9.17) is 4.74 Å². The van der Waals surface area contributed by atoms with E-state index in [1.807, 2.05) is 13.8 Å². The van der Waals surface area contributed by atoms with Crippen LogP contribution in [-0.4, -0.2) is 24.2 Å². The number of nitrogens with one attached hydrogen (secondary N) is 1. The zero-order valence-electron chi connectivity index (χ0n) is 13.6. The van der Waals surface area contributed by atoms with E-state index in [-0.39, 0.29) is 5.97 Å². The summed E-state index contributed by atoms with van der Waals surface area (Å²) < 4.78 is 8.38. The first-order valence-electron chi connectivity index (χ1n) is 7.46. The van der Waals surface area contributed by atoms with Crippen LogP contribution in [-0.2, 0) is 22.6 Å². The molecule has 0 aliphatic carbocycles. The van der Waals surface area contributed by atoms with Gasteiger partial charge < -0.3 is 14.6 Å². The highest BCUT2D eigenvalue weighted by atomic mass is 127. The molecule has 1 N–H and O–H groups in total. The van der Waals surface area contributed by atoms with Gasteiger partial charge in [0.05, 0.1) is 16.2 Å². The van der Waals surface area contributed by atoms with Crippen molar-refractivity contribution in [1.82, 2.24) is 9.88 Å². The normalized spacial score (nSPS) is 11.9. The van der Waals surface area contributed by atoms with Gasteiger partial charge in [-0.2, -0.15) is 0 Å². The van der Waals surface area contributed by atoms with E-state index < -0.39 is 5.41 Å². The van der Waals surface area contributed by atoms with Gasteiger partial charge in [0.25, 0.3) is 0 Å². The minimum Gasteiger partial charge on any atom is -0.469 e. The number of halogens is 1. The molecule has 1 heterocycles. The van der Waals surface area contributed by atoms with Crippen molar-refractivity contribution in [2.75, 3.05) is 13.7 Å². The van der Waals surface area contributed by atoms with Crippen molar-refractivity contribution in [3.8, 4) is 0 Å². The molecule has 0 saturated heterocycles. The van der Waals surface area contributed by atoms with Crippen LogP contribution < -0.4 is 5.32 Å². The molecule has 0 atom stereocenters. The Kier molecular flexibility index (Phi) is 5.50. The molecule has 1 aromatic carbocycles. The quantitative estimate of drug-likeness (QED) is 0.581. The number of hydrogen-bond donors (Lipinski definition) is 1. The number of carbonyl (C=O) groups is 1. The summed E-state index contributed by atoms with van der Waals surface area (Å²) in [6, 6.07) is 8.73. The van der Waals surface area contributed by atoms with Crippen LogP contribution in [0.1, 0.15) is 26.3 Å². The van der Waals surface area contributed by atoms with Crippen molar-refractivity contribution in [2.45, 2.75) is 33.9 Å². The van der Waals surface area contributed by atoms with Gasteiger partial charge >= 0.3 is 5.97 Å². The number of esters is 1. The summed E-state index contributed by atoms with van der Waals surface area (Å²) in [7, 11) is 1.43. The number of methoxy groups -OCH3 is 1. The Morgan fingerprint density at radius 2 is 2.09 bits per heavy atom. The van der Waals surface area contributed by atoms with Gasteiger partial charge in [-0.1, -0.05) is 6.07 Å². The highest BCUT2D eigenvalue weighted by molar-refractivity contribution is 14.1. The van der Waals surface area contributed by atoms with Crippen molar-refractivity contribution in [1.29, 1.82) is 0 Å². The number of carbonyl (C=O) groups excluding carboxylic acids is 1. The lowest BCUT2D eigenvalue weighted by molar-refractivity contribution is -0.150. The first-order valence-corrected chi connectivity index (χ1v) is 8.53. The third kappa shape index (κ3) is 3.63. The zero-order chi connectivity index (χ0) is 16.3. The Hall–Kier alpha value is -1.08. The lowest BCUT2D eigenvalue weighted by Gasteiger charge is -2.21. The molecule has 2 rings (SSSR count). The first kappa shape index (κ1) is 17.3. The number of aromatic nitrogens is 1. The fraction of sp³-hybridized carbons (Fsp3) is 0.471. The molecule has 120 valence electrons. The average Bonchev–Trinajstić information content (AvgIpc) is 2.80. The summed E-state index contributed by atoms with van der Waals surface area (Å²) in [6.45, 7) is 8.24. The van der Waals surface area contributed by atoms with Gasteiger partial charge in [0.15, 0.2) is 0 Å². The molecule has 0 aliphatic heterocycles. The monoisotopic (exact) mass is 414 g/mol. The molecule has 0 unspecified atom stereocenters. The standard InChI is InChI=1S/C17H23IN2O2/c1-5-20-14-7-6-12(8-13(14)9-15(20)18)10-19-11-17(2,3)16(21)22-4/h6-9,19H,5,10-11H2,1-4H3. The third-order valence-electron chi connectivity index (χ3n) is 3.87. The number of aryl methyl sites for hydroxylation is 1. The van der Waals surface area contributed by atoms with Crippen LogP contribution in [0.2, 0.25) is 0 Å². The summed E-state index contributed by atoms with van der Waals surface area (Å²) in [5, 5.41) is 4.61. The second-order valence-electron chi connectivity index (χ2n) is 6.08. The second kappa shape index (κ2) is 7.00. The molecular formula is C17H23IN2O2. The molecule has 22 heavy (non-hydrogen) atoms. The summed E-state index contributed by atoms with van der Waals surface area (Å²) in [5.41, 5.74) is 1.98. The molecule has 0 bridgehead atoms. The lowest BCUT2D eigenvalue weighted by atomic mass is 9.93. The van der Waals surface area contributed by atoms with Crippen molar-refractivity contribution < 1.29 is 9.53 Å². The summed E-state index contributed by atoms with van der Waals surface area (Å²) in [4.78, 5) is 11.7. The Morgan fingerprint density at radius 1 is 1.36 bits per heavy atom. The molecule has 5 heteroatoms. The average molecular weight is 414 g/mol. The smallest absolute Gasteiger partial charge is 0.312 e. The number of benzene rings is 1. The molecule has 0 saturated carbocycles. The van der Waals surface area contributed by atoms with Gasteiger partial charge in [-0.05, 0) is 67.1 Å². The van der Waals surface area contributed by atoms with E-state index in [2.05, 4.69) is 63.7 Å². The second-order valence-corrected chi connectivity index (χ2v) is 7.19. The molecule has 0 fully saturated rings. The number of rotatable bonds is 6. The van der Waals surface area contributed by atoms with Crippen LogP contribution in [0, 0.1) is 9.12 Å². The van der Waals surface area contributed by atoms with Crippen LogP contribution in [0.25, 0.3) is 10.9 Å². The molecule has 0 spiro atoms. The van der Waals surface area contributed by atoms with Gasteiger partial charge in [0, 0.05) is 30.5 Å². The molecule has 0 amide bonds. The predicted molar refractivity (Wildman–Crippen MR) is 97.8 cm³/mol. The van der Waals surface area contributed by atoms with Crippen molar-refractivity contribution >= 4 is 39.5 Å².